The lowest BCUT2D eigenvalue weighted by atomic mass is 9.90. The van der Waals surface area contributed by atoms with E-state index in [-0.39, 0.29) is 0 Å². The van der Waals surface area contributed by atoms with E-state index in [1.54, 1.807) is 41.5 Å². The number of amides is 4. The Balaban J connectivity index is 1.59. The predicted molar refractivity (Wildman–Crippen MR) is 173 cm³/mol. The Morgan fingerprint density at radius 1 is 0.774 bits per heavy atom. The minimum absolute atomic E-state index is 0.630. The molecular formula is C32H51N3O18. The molecule has 302 valence electrons. The summed E-state index contributed by atoms with van der Waals surface area (Å²) in [5.41, 5.74) is -2.02. The van der Waals surface area contributed by atoms with Crippen molar-refractivity contribution in [3.8, 4) is 0 Å². The number of aliphatic hydroxyl groups excluding tert-OH is 8. The number of carbonyl (C=O) groups excluding carboxylic acids is 4. The predicted octanol–water partition coefficient (Wildman–Crippen LogP) is -4.26. The third-order valence-corrected chi connectivity index (χ3v) is 8.77. The molecule has 5 unspecified atom stereocenters. The number of alkyl carbamates (subject to hydrolysis) is 2. The van der Waals surface area contributed by atoms with E-state index in [4.69, 9.17) is 28.4 Å². The highest BCUT2D eigenvalue weighted by atomic mass is 16.8. The van der Waals surface area contributed by atoms with Crippen molar-refractivity contribution >= 4 is 24.0 Å². The van der Waals surface area contributed by atoms with Gasteiger partial charge in [0.05, 0.1) is 24.7 Å². The van der Waals surface area contributed by atoms with Crippen molar-refractivity contribution in [1.82, 2.24) is 16.0 Å². The number of hydrogen-bond acceptors (Lipinski definition) is 18. The Morgan fingerprint density at radius 2 is 1.26 bits per heavy atom. The van der Waals surface area contributed by atoms with Gasteiger partial charge in [-0.1, -0.05) is 6.08 Å². The maximum Gasteiger partial charge on any atom is 0.408 e. The summed E-state index contributed by atoms with van der Waals surface area (Å²) in [6.07, 6.45) is -22.9. The van der Waals surface area contributed by atoms with Gasteiger partial charge in [0.15, 0.2) is 12.6 Å². The molecule has 4 aliphatic rings. The van der Waals surface area contributed by atoms with Gasteiger partial charge in [-0.3, -0.25) is 14.9 Å². The van der Waals surface area contributed by atoms with Crippen molar-refractivity contribution in [2.75, 3.05) is 6.61 Å². The van der Waals surface area contributed by atoms with Gasteiger partial charge in [-0.25, -0.2) is 9.59 Å². The number of ether oxygens (including phenoxy) is 6. The van der Waals surface area contributed by atoms with Gasteiger partial charge in [0.2, 0.25) is 11.8 Å². The molecule has 0 radical (unpaired) electrons. The fourth-order valence-corrected chi connectivity index (χ4v) is 6.27. The van der Waals surface area contributed by atoms with Crippen LogP contribution in [-0.2, 0) is 38.0 Å². The van der Waals surface area contributed by atoms with Crippen molar-refractivity contribution < 1.29 is 88.5 Å². The van der Waals surface area contributed by atoms with Gasteiger partial charge < -0.3 is 79.9 Å². The number of nitrogens with one attached hydrogen (secondary N) is 3. The van der Waals surface area contributed by atoms with Crippen LogP contribution < -0.4 is 16.0 Å². The van der Waals surface area contributed by atoms with Crippen molar-refractivity contribution in [2.45, 2.75) is 151 Å². The first-order chi connectivity index (χ1) is 24.5. The van der Waals surface area contributed by atoms with E-state index in [1.807, 2.05) is 5.32 Å². The molecule has 0 spiro atoms. The summed E-state index contributed by atoms with van der Waals surface area (Å²) < 4.78 is 33.8. The highest BCUT2D eigenvalue weighted by Crippen LogP contribution is 2.34. The summed E-state index contributed by atoms with van der Waals surface area (Å²) in [6.45, 7) is 8.55. The van der Waals surface area contributed by atoms with Crippen molar-refractivity contribution in [1.29, 1.82) is 0 Å². The van der Waals surface area contributed by atoms with Crippen LogP contribution >= 0.6 is 0 Å². The molecule has 0 aliphatic carbocycles. The van der Waals surface area contributed by atoms with Crippen LogP contribution in [0.5, 0.6) is 0 Å². The van der Waals surface area contributed by atoms with E-state index in [0.717, 1.165) is 6.08 Å². The summed E-state index contributed by atoms with van der Waals surface area (Å²) >= 11 is 0. The first-order valence-corrected chi connectivity index (χ1v) is 17.0. The van der Waals surface area contributed by atoms with E-state index < -0.39 is 146 Å². The molecule has 4 rings (SSSR count). The zero-order valence-electron chi connectivity index (χ0n) is 30.0. The lowest BCUT2D eigenvalue weighted by molar-refractivity contribution is -0.346. The van der Waals surface area contributed by atoms with Crippen molar-refractivity contribution in [3.63, 3.8) is 0 Å². The van der Waals surface area contributed by atoms with Crippen LogP contribution in [0.4, 0.5) is 9.59 Å². The topological polar surface area (TPSA) is 322 Å². The molecule has 4 aliphatic heterocycles. The van der Waals surface area contributed by atoms with E-state index in [0.29, 0.717) is 0 Å². The van der Waals surface area contributed by atoms with Gasteiger partial charge in [0.1, 0.15) is 78.2 Å². The number of hydrogen-bond donors (Lipinski definition) is 11. The van der Waals surface area contributed by atoms with Gasteiger partial charge in [-0.15, -0.1) is 0 Å². The summed E-state index contributed by atoms with van der Waals surface area (Å²) in [6, 6.07) is -3.29. The van der Waals surface area contributed by atoms with Gasteiger partial charge in [-0.05, 0) is 41.5 Å². The van der Waals surface area contributed by atoms with Crippen LogP contribution in [0.3, 0.4) is 0 Å². The highest BCUT2D eigenvalue weighted by molar-refractivity contribution is 6.05. The molecule has 0 aromatic heterocycles. The van der Waals surface area contributed by atoms with Gasteiger partial charge in [-0.2, -0.15) is 0 Å². The molecular weight excluding hydrogens is 714 g/mol. The SMILES string of the molecule is CC(C)(C)OC(=O)NC1C(O)[C@H](O)[C@H](CO)O[C@@H]1O[C@@H]1O[C@H](C[C@@H](O)[C@@H]2O[C@@H](C3C=CC(=O)NC3=O)[C@H](O)[C@@H]2O)C(O)C(O)[C@H]1NC(=O)OC(C)(C)C. The second-order valence-electron chi connectivity index (χ2n) is 15.3. The molecule has 0 aromatic rings. The number of imide groups is 1. The molecule has 21 heteroatoms. The van der Waals surface area contributed by atoms with Crippen LogP contribution in [-0.4, -0.2) is 174 Å². The van der Waals surface area contributed by atoms with E-state index in [1.165, 1.54) is 6.08 Å². The zero-order valence-corrected chi connectivity index (χ0v) is 30.0. The molecule has 0 bridgehead atoms. The molecule has 53 heavy (non-hydrogen) atoms. The summed E-state index contributed by atoms with van der Waals surface area (Å²) in [4.78, 5) is 49.5. The monoisotopic (exact) mass is 765 g/mol. The lowest BCUT2D eigenvalue weighted by Gasteiger charge is -2.47. The van der Waals surface area contributed by atoms with Crippen LogP contribution in [0.25, 0.3) is 0 Å². The van der Waals surface area contributed by atoms with Gasteiger partial charge >= 0.3 is 12.2 Å². The van der Waals surface area contributed by atoms with Crippen LogP contribution in [0.15, 0.2) is 12.2 Å². The van der Waals surface area contributed by atoms with E-state index in [9.17, 15) is 60.0 Å². The largest absolute Gasteiger partial charge is 0.444 e. The molecule has 4 heterocycles. The van der Waals surface area contributed by atoms with Crippen LogP contribution in [0, 0.1) is 5.92 Å². The standard InChI is InChI=1S/C32H51N3O18/c1-31(2,3)52-29(46)34-16-20(41)18(39)13(9-12(37)25-23(44)22(43)24(50-25)11-7-8-15(38)33-26(11)45)48-27(16)51-28-17(35-30(47)53-32(4,5)6)21(42)19(40)14(10-36)49-28/h7-8,11-14,16-25,27-28,36-37,39-44H,9-10H2,1-6H3,(H,34,46)(H,35,47)(H,33,38,45)/t11?,12-,13-,14+,16-,17?,18?,19-,20?,21?,22-,23+,24+,25+,27+,28-/m1/s1. The van der Waals surface area contributed by atoms with Gasteiger partial charge in [0, 0.05) is 12.5 Å². The third-order valence-electron chi connectivity index (χ3n) is 8.77. The molecule has 16 atom stereocenters. The number of carbonyl (C=O) groups is 4. The Hall–Kier alpha value is -3.06. The summed E-state index contributed by atoms with van der Waals surface area (Å²) in [5.74, 6) is -2.72. The van der Waals surface area contributed by atoms with Gasteiger partial charge in [0.25, 0.3) is 0 Å². The van der Waals surface area contributed by atoms with Crippen molar-refractivity contribution in [3.05, 3.63) is 12.2 Å². The Bertz CT molecular complexity index is 1350. The first-order valence-electron chi connectivity index (χ1n) is 17.0. The first kappa shape index (κ1) is 42.7. The minimum atomic E-state index is -1.94. The van der Waals surface area contributed by atoms with Crippen molar-refractivity contribution in [2.24, 2.45) is 5.92 Å². The molecule has 11 N–H and O–H groups in total. The highest BCUT2D eigenvalue weighted by Gasteiger charge is 2.54. The maximum absolute atomic E-state index is 12.8. The Morgan fingerprint density at radius 3 is 1.74 bits per heavy atom. The summed E-state index contributed by atoms with van der Waals surface area (Å²) in [7, 11) is 0. The fourth-order valence-electron chi connectivity index (χ4n) is 6.27. The lowest BCUT2D eigenvalue weighted by Crippen LogP contribution is -2.69. The smallest absolute Gasteiger partial charge is 0.408 e. The Labute approximate surface area is 304 Å². The Kier molecular flexibility index (Phi) is 13.5. The van der Waals surface area contributed by atoms with E-state index in [2.05, 4.69) is 10.6 Å². The van der Waals surface area contributed by atoms with Crippen LogP contribution in [0.2, 0.25) is 0 Å². The second kappa shape index (κ2) is 16.8. The average Bonchev–Trinajstić information content (AvgIpc) is 3.32. The molecule has 4 amide bonds. The fraction of sp³-hybridized carbons (Fsp3) is 0.812. The zero-order chi connectivity index (χ0) is 39.7. The number of aliphatic hydroxyl groups is 8. The van der Waals surface area contributed by atoms with E-state index >= 15 is 0 Å². The molecule has 0 saturated carbocycles. The summed E-state index contributed by atoms with van der Waals surface area (Å²) in [5, 5.41) is 93.1. The maximum atomic E-state index is 12.8. The number of rotatable bonds is 9. The third kappa shape index (κ3) is 10.4. The quantitative estimate of drug-likeness (QED) is 0.0990. The molecule has 3 saturated heterocycles. The average molecular weight is 766 g/mol. The molecule has 0 aromatic carbocycles. The molecule has 3 fully saturated rings. The minimum Gasteiger partial charge on any atom is -0.444 e. The normalized spacial score (nSPS) is 39.9. The molecule has 21 nitrogen and oxygen atoms in total. The van der Waals surface area contributed by atoms with Crippen LogP contribution in [0.1, 0.15) is 48.0 Å². The second-order valence-corrected chi connectivity index (χ2v) is 15.3.